The van der Waals surface area contributed by atoms with Gasteiger partial charge < -0.3 is 4.74 Å². The monoisotopic (exact) mass is 415 g/mol. The number of hydrazone groups is 1. The van der Waals surface area contributed by atoms with E-state index in [-0.39, 0.29) is 10.5 Å². The molecule has 0 spiro atoms. The minimum Gasteiger partial charge on any atom is -0.379 e. The first kappa shape index (κ1) is 21.2. The van der Waals surface area contributed by atoms with E-state index in [1.54, 1.807) is 12.1 Å². The van der Waals surface area contributed by atoms with Crippen LogP contribution in [-0.2, 0) is 21.2 Å². The molecule has 0 atom stereocenters. The predicted molar refractivity (Wildman–Crippen MR) is 111 cm³/mol. The van der Waals surface area contributed by atoms with Crippen molar-refractivity contribution in [2.45, 2.75) is 24.7 Å². The summed E-state index contributed by atoms with van der Waals surface area (Å²) in [4.78, 5) is 12.5. The SMILES string of the molecule is C/C(CCc1ccccc1)=N/NC(=O)c1cccc(S(=O)(=O)N2CCOCC2)c1. The lowest BCUT2D eigenvalue weighted by atomic mass is 10.1. The first-order valence-corrected chi connectivity index (χ1v) is 11.0. The molecule has 1 saturated heterocycles. The normalized spacial score (nSPS) is 15.8. The number of carbonyl (C=O) groups is 1. The first-order valence-electron chi connectivity index (χ1n) is 9.52. The number of carbonyl (C=O) groups excluding carboxylic acids is 1. The molecule has 1 fully saturated rings. The van der Waals surface area contributed by atoms with Crippen LogP contribution in [0.3, 0.4) is 0 Å². The summed E-state index contributed by atoms with van der Waals surface area (Å²) >= 11 is 0. The van der Waals surface area contributed by atoms with Crippen molar-refractivity contribution in [3.8, 4) is 0 Å². The molecule has 1 aliphatic heterocycles. The van der Waals surface area contributed by atoms with Crippen LogP contribution in [0.5, 0.6) is 0 Å². The Morgan fingerprint density at radius 2 is 1.83 bits per heavy atom. The summed E-state index contributed by atoms with van der Waals surface area (Å²) in [6.07, 6.45) is 1.55. The summed E-state index contributed by atoms with van der Waals surface area (Å²) in [6.45, 7) is 3.21. The lowest BCUT2D eigenvalue weighted by molar-refractivity contribution is 0.0730. The van der Waals surface area contributed by atoms with Crippen molar-refractivity contribution in [3.63, 3.8) is 0 Å². The highest BCUT2D eigenvalue weighted by Crippen LogP contribution is 2.18. The number of sulfonamides is 1. The average Bonchev–Trinajstić information content (AvgIpc) is 2.77. The molecule has 154 valence electrons. The van der Waals surface area contributed by atoms with Gasteiger partial charge in [0, 0.05) is 24.4 Å². The molecular formula is C21H25N3O4S. The molecule has 2 aromatic carbocycles. The minimum absolute atomic E-state index is 0.0943. The smallest absolute Gasteiger partial charge is 0.271 e. The van der Waals surface area contributed by atoms with Crippen molar-refractivity contribution in [2.75, 3.05) is 26.3 Å². The number of amides is 1. The van der Waals surface area contributed by atoms with E-state index >= 15 is 0 Å². The second-order valence-electron chi connectivity index (χ2n) is 6.82. The molecule has 0 radical (unpaired) electrons. The van der Waals surface area contributed by atoms with Gasteiger partial charge in [0.2, 0.25) is 10.0 Å². The Bertz CT molecular complexity index is 968. The predicted octanol–water partition coefficient (Wildman–Crippen LogP) is 2.45. The van der Waals surface area contributed by atoms with E-state index in [0.717, 1.165) is 18.6 Å². The zero-order valence-electron chi connectivity index (χ0n) is 16.4. The number of morpholine rings is 1. The Labute approximate surface area is 171 Å². The molecule has 3 rings (SSSR count). The highest BCUT2D eigenvalue weighted by molar-refractivity contribution is 7.89. The fraction of sp³-hybridized carbons (Fsp3) is 0.333. The molecule has 1 N–H and O–H groups in total. The number of hydrogen-bond donors (Lipinski definition) is 1. The Hall–Kier alpha value is -2.55. The lowest BCUT2D eigenvalue weighted by Crippen LogP contribution is -2.40. The summed E-state index contributed by atoms with van der Waals surface area (Å²) in [6, 6.07) is 16.1. The number of nitrogens with one attached hydrogen (secondary N) is 1. The molecule has 0 saturated carbocycles. The van der Waals surface area contributed by atoms with E-state index in [2.05, 4.69) is 10.5 Å². The Morgan fingerprint density at radius 1 is 1.10 bits per heavy atom. The third kappa shape index (κ3) is 5.72. The second-order valence-corrected chi connectivity index (χ2v) is 8.76. The van der Waals surface area contributed by atoms with Gasteiger partial charge in [-0.1, -0.05) is 36.4 Å². The van der Waals surface area contributed by atoms with Gasteiger partial charge in [-0.25, -0.2) is 13.8 Å². The van der Waals surface area contributed by atoms with Crippen LogP contribution in [0.4, 0.5) is 0 Å². The summed E-state index contributed by atoms with van der Waals surface area (Å²) in [5.74, 6) is -0.442. The third-order valence-corrected chi connectivity index (χ3v) is 6.57. The number of rotatable bonds is 7. The van der Waals surface area contributed by atoms with E-state index < -0.39 is 15.9 Å². The summed E-state index contributed by atoms with van der Waals surface area (Å²) in [7, 11) is -3.65. The van der Waals surface area contributed by atoms with E-state index in [0.29, 0.717) is 26.3 Å². The lowest BCUT2D eigenvalue weighted by Gasteiger charge is -2.26. The molecule has 2 aromatic rings. The van der Waals surface area contributed by atoms with Gasteiger partial charge in [0.15, 0.2) is 0 Å². The maximum absolute atomic E-state index is 12.8. The number of aryl methyl sites for hydroxylation is 1. The fourth-order valence-corrected chi connectivity index (χ4v) is 4.42. The van der Waals surface area contributed by atoms with Gasteiger partial charge in [-0.15, -0.1) is 0 Å². The van der Waals surface area contributed by atoms with Crippen LogP contribution in [0.15, 0.2) is 64.6 Å². The van der Waals surface area contributed by atoms with Crippen molar-refractivity contribution in [1.82, 2.24) is 9.73 Å². The maximum atomic E-state index is 12.8. The van der Waals surface area contributed by atoms with Gasteiger partial charge in [0.05, 0.1) is 18.1 Å². The number of ether oxygens (including phenoxy) is 1. The van der Waals surface area contributed by atoms with Crippen molar-refractivity contribution in [3.05, 3.63) is 65.7 Å². The molecule has 8 heteroatoms. The summed E-state index contributed by atoms with van der Waals surface area (Å²) < 4.78 is 32.1. The largest absolute Gasteiger partial charge is 0.379 e. The molecule has 0 bridgehead atoms. The number of benzene rings is 2. The molecule has 0 aromatic heterocycles. The molecule has 0 unspecified atom stereocenters. The number of hydrogen-bond acceptors (Lipinski definition) is 5. The fourth-order valence-electron chi connectivity index (χ4n) is 2.97. The number of nitrogens with zero attached hydrogens (tertiary/aromatic N) is 2. The van der Waals surface area contributed by atoms with Crippen molar-refractivity contribution in [2.24, 2.45) is 5.10 Å². The molecular weight excluding hydrogens is 390 g/mol. The first-order chi connectivity index (χ1) is 14.0. The minimum atomic E-state index is -3.65. The Morgan fingerprint density at radius 3 is 2.55 bits per heavy atom. The average molecular weight is 416 g/mol. The van der Waals surface area contributed by atoms with E-state index in [9.17, 15) is 13.2 Å². The van der Waals surface area contributed by atoms with Crippen LogP contribution in [0.25, 0.3) is 0 Å². The van der Waals surface area contributed by atoms with Crippen LogP contribution >= 0.6 is 0 Å². The third-order valence-electron chi connectivity index (χ3n) is 4.67. The van der Waals surface area contributed by atoms with E-state index in [4.69, 9.17) is 4.74 Å². The van der Waals surface area contributed by atoms with Gasteiger partial charge in [0.1, 0.15) is 0 Å². The highest BCUT2D eigenvalue weighted by Gasteiger charge is 2.26. The van der Waals surface area contributed by atoms with E-state index in [1.807, 2.05) is 37.3 Å². The van der Waals surface area contributed by atoms with Crippen LogP contribution in [0.1, 0.15) is 29.3 Å². The van der Waals surface area contributed by atoms with E-state index in [1.165, 1.54) is 22.0 Å². The quantitative estimate of drug-likeness (QED) is 0.556. The molecule has 1 heterocycles. The Kier molecular flexibility index (Phi) is 7.13. The van der Waals surface area contributed by atoms with Crippen LogP contribution in [0, 0.1) is 0 Å². The second kappa shape index (κ2) is 9.78. The van der Waals surface area contributed by atoms with Crippen LogP contribution < -0.4 is 5.43 Å². The maximum Gasteiger partial charge on any atom is 0.271 e. The highest BCUT2D eigenvalue weighted by atomic mass is 32.2. The molecule has 7 nitrogen and oxygen atoms in total. The zero-order valence-corrected chi connectivity index (χ0v) is 17.2. The van der Waals surface area contributed by atoms with Crippen LogP contribution in [0.2, 0.25) is 0 Å². The van der Waals surface area contributed by atoms with Crippen molar-refractivity contribution < 1.29 is 17.9 Å². The Balaban J connectivity index is 1.63. The van der Waals surface area contributed by atoms with Crippen molar-refractivity contribution in [1.29, 1.82) is 0 Å². The molecule has 1 amide bonds. The van der Waals surface area contributed by atoms with Crippen LogP contribution in [-0.4, -0.2) is 50.6 Å². The standard InChI is InChI=1S/C21H25N3O4S/c1-17(10-11-18-6-3-2-4-7-18)22-23-21(25)19-8-5-9-20(16-19)29(26,27)24-12-14-28-15-13-24/h2-9,16H,10-15H2,1H3,(H,23,25)/b22-17-. The van der Waals surface area contributed by atoms with Gasteiger partial charge in [-0.2, -0.15) is 9.41 Å². The zero-order chi connectivity index (χ0) is 20.7. The molecule has 0 aliphatic carbocycles. The van der Waals surface area contributed by atoms with Gasteiger partial charge in [-0.05, 0) is 43.5 Å². The summed E-state index contributed by atoms with van der Waals surface area (Å²) in [5.41, 5.74) is 4.76. The topological polar surface area (TPSA) is 88.1 Å². The van der Waals surface area contributed by atoms with Gasteiger partial charge in [-0.3, -0.25) is 4.79 Å². The van der Waals surface area contributed by atoms with Gasteiger partial charge in [0.25, 0.3) is 5.91 Å². The summed E-state index contributed by atoms with van der Waals surface area (Å²) in [5, 5.41) is 4.14. The van der Waals surface area contributed by atoms with Crippen molar-refractivity contribution >= 4 is 21.6 Å². The molecule has 1 aliphatic rings. The van der Waals surface area contributed by atoms with Gasteiger partial charge >= 0.3 is 0 Å². The molecule has 29 heavy (non-hydrogen) atoms.